The SMILES string of the molecule is CCCCC(CNC(=O)Nc1c(C(C)C)cccc1C(C)C)n1cc(CC)c2cccnc21.Cl. The molecule has 1 aromatic carbocycles. The lowest BCUT2D eigenvalue weighted by Gasteiger charge is -2.23. The smallest absolute Gasteiger partial charge is 0.319 e. The van der Waals surface area contributed by atoms with Crippen molar-refractivity contribution in [2.45, 2.75) is 85.1 Å². The lowest BCUT2D eigenvalue weighted by atomic mass is 9.93. The Hall–Kier alpha value is -2.53. The Bertz CT molecular complexity index is 1050. The van der Waals surface area contributed by atoms with E-state index < -0.39 is 0 Å². The zero-order chi connectivity index (χ0) is 24.0. The average Bonchev–Trinajstić information content (AvgIpc) is 3.17. The van der Waals surface area contributed by atoms with Crippen LogP contribution in [-0.2, 0) is 6.42 Å². The third-order valence-electron chi connectivity index (χ3n) is 6.45. The Morgan fingerprint density at radius 1 is 1.03 bits per heavy atom. The van der Waals surface area contributed by atoms with E-state index in [9.17, 15) is 4.79 Å². The number of carbonyl (C=O) groups excluding carboxylic acids is 1. The Morgan fingerprint density at radius 2 is 1.71 bits per heavy atom. The van der Waals surface area contributed by atoms with Gasteiger partial charge in [-0.15, -0.1) is 12.4 Å². The highest BCUT2D eigenvalue weighted by Crippen LogP contribution is 2.32. The van der Waals surface area contributed by atoms with Gasteiger partial charge in [0.2, 0.25) is 0 Å². The monoisotopic (exact) mass is 484 g/mol. The molecule has 0 fully saturated rings. The number of urea groups is 1. The van der Waals surface area contributed by atoms with Crippen LogP contribution >= 0.6 is 12.4 Å². The molecule has 0 saturated heterocycles. The first kappa shape index (κ1) is 27.7. The van der Waals surface area contributed by atoms with E-state index in [0.717, 1.165) is 37.0 Å². The van der Waals surface area contributed by atoms with Gasteiger partial charge in [0, 0.05) is 30.0 Å². The van der Waals surface area contributed by atoms with Crippen LogP contribution in [0.3, 0.4) is 0 Å². The molecule has 2 N–H and O–H groups in total. The number of hydrogen-bond acceptors (Lipinski definition) is 2. The molecule has 2 amide bonds. The molecule has 5 nitrogen and oxygen atoms in total. The maximum absolute atomic E-state index is 13.0. The van der Waals surface area contributed by atoms with Gasteiger partial charge in [-0.25, -0.2) is 9.78 Å². The summed E-state index contributed by atoms with van der Waals surface area (Å²) in [6.07, 6.45) is 8.27. The second-order valence-electron chi connectivity index (χ2n) is 9.54. The largest absolute Gasteiger partial charge is 0.336 e. The highest BCUT2D eigenvalue weighted by Gasteiger charge is 2.19. The van der Waals surface area contributed by atoms with E-state index in [2.05, 4.69) is 92.2 Å². The second-order valence-corrected chi connectivity index (χ2v) is 9.54. The topological polar surface area (TPSA) is 59.0 Å². The van der Waals surface area contributed by atoms with Gasteiger partial charge >= 0.3 is 6.03 Å². The lowest BCUT2D eigenvalue weighted by Crippen LogP contribution is -2.34. The summed E-state index contributed by atoms with van der Waals surface area (Å²) in [5.41, 5.74) is 5.60. The lowest BCUT2D eigenvalue weighted by molar-refractivity contribution is 0.249. The number of anilines is 1. The first-order valence-corrected chi connectivity index (χ1v) is 12.5. The fourth-order valence-corrected chi connectivity index (χ4v) is 4.55. The van der Waals surface area contributed by atoms with E-state index in [4.69, 9.17) is 0 Å². The molecule has 6 heteroatoms. The van der Waals surface area contributed by atoms with Crippen LogP contribution in [0.2, 0.25) is 0 Å². The van der Waals surface area contributed by atoms with Gasteiger partial charge in [0.15, 0.2) is 0 Å². The van der Waals surface area contributed by atoms with Crippen LogP contribution in [-0.4, -0.2) is 22.1 Å². The van der Waals surface area contributed by atoms with Gasteiger partial charge in [-0.2, -0.15) is 0 Å². The average molecular weight is 485 g/mol. The van der Waals surface area contributed by atoms with Gasteiger partial charge in [-0.05, 0) is 53.5 Å². The number of nitrogens with zero attached hydrogens (tertiary/aromatic N) is 2. The molecule has 0 aliphatic carbocycles. The summed E-state index contributed by atoms with van der Waals surface area (Å²) in [6.45, 7) is 13.6. The Morgan fingerprint density at radius 3 is 2.29 bits per heavy atom. The number of pyridine rings is 1. The van der Waals surface area contributed by atoms with Gasteiger partial charge in [-0.1, -0.05) is 72.6 Å². The second kappa shape index (κ2) is 12.8. The number of rotatable bonds is 10. The van der Waals surface area contributed by atoms with Crippen LogP contribution in [0.1, 0.15) is 95.4 Å². The third kappa shape index (κ3) is 6.32. The summed E-state index contributed by atoms with van der Waals surface area (Å²) in [7, 11) is 0. The molecule has 3 rings (SSSR count). The Balaban J connectivity index is 0.00000408. The number of nitrogens with one attached hydrogen (secondary N) is 2. The number of carbonyl (C=O) groups is 1. The zero-order valence-electron chi connectivity index (χ0n) is 21.5. The number of aromatic nitrogens is 2. The van der Waals surface area contributed by atoms with Crippen LogP contribution in [0.4, 0.5) is 10.5 Å². The number of hydrogen-bond donors (Lipinski definition) is 2. The molecule has 1 atom stereocenters. The molecule has 1 unspecified atom stereocenters. The Kier molecular flexibility index (Phi) is 10.4. The predicted octanol–water partition coefficient (Wildman–Crippen LogP) is 7.82. The molecule has 2 heterocycles. The van der Waals surface area contributed by atoms with E-state index in [1.165, 1.54) is 22.1 Å². The number of benzene rings is 1. The number of aryl methyl sites for hydroxylation is 1. The zero-order valence-corrected chi connectivity index (χ0v) is 22.3. The molecule has 0 aliphatic heterocycles. The molecular weight excluding hydrogens is 444 g/mol. The van der Waals surface area contributed by atoms with Crippen molar-refractivity contribution in [3.63, 3.8) is 0 Å². The highest BCUT2D eigenvalue weighted by molar-refractivity contribution is 5.91. The fourth-order valence-electron chi connectivity index (χ4n) is 4.55. The molecule has 0 spiro atoms. The summed E-state index contributed by atoms with van der Waals surface area (Å²) >= 11 is 0. The molecule has 0 aliphatic rings. The fraction of sp³-hybridized carbons (Fsp3) is 0.500. The van der Waals surface area contributed by atoms with E-state index in [0.29, 0.717) is 18.4 Å². The standard InChI is InChI=1S/C28H40N4O.ClH/c1-7-9-12-22(32-18-21(8-2)25-15-11-16-29-27(25)32)17-30-28(33)31-26-23(19(3)4)13-10-14-24(26)20(5)6;/h10-11,13-16,18-20,22H,7-9,12,17H2,1-6H3,(H2,30,31,33);1H. The van der Waals surface area contributed by atoms with E-state index in [1.807, 2.05) is 12.3 Å². The van der Waals surface area contributed by atoms with Crippen LogP contribution < -0.4 is 10.6 Å². The van der Waals surface area contributed by atoms with Crippen molar-refractivity contribution in [2.24, 2.45) is 0 Å². The van der Waals surface area contributed by atoms with E-state index in [-0.39, 0.29) is 24.5 Å². The summed E-state index contributed by atoms with van der Waals surface area (Å²) in [5.74, 6) is 0.669. The highest BCUT2D eigenvalue weighted by atomic mass is 35.5. The molecule has 34 heavy (non-hydrogen) atoms. The number of halogens is 1. The quantitative estimate of drug-likeness (QED) is 0.308. The molecule has 0 saturated carbocycles. The summed E-state index contributed by atoms with van der Waals surface area (Å²) < 4.78 is 2.27. The number of unbranched alkanes of at least 4 members (excludes halogenated alkanes) is 1. The number of amides is 2. The summed E-state index contributed by atoms with van der Waals surface area (Å²) in [6, 6.07) is 10.5. The van der Waals surface area contributed by atoms with Crippen molar-refractivity contribution in [1.29, 1.82) is 0 Å². The van der Waals surface area contributed by atoms with Gasteiger partial charge in [0.1, 0.15) is 5.65 Å². The van der Waals surface area contributed by atoms with Crippen molar-refractivity contribution >= 4 is 35.2 Å². The van der Waals surface area contributed by atoms with Gasteiger partial charge in [0.25, 0.3) is 0 Å². The van der Waals surface area contributed by atoms with E-state index >= 15 is 0 Å². The maximum atomic E-state index is 13.0. The maximum Gasteiger partial charge on any atom is 0.319 e. The van der Waals surface area contributed by atoms with Crippen molar-refractivity contribution < 1.29 is 4.79 Å². The minimum atomic E-state index is -0.147. The van der Waals surface area contributed by atoms with Crippen LogP contribution in [0.25, 0.3) is 11.0 Å². The van der Waals surface area contributed by atoms with Gasteiger partial charge < -0.3 is 15.2 Å². The summed E-state index contributed by atoms with van der Waals surface area (Å²) in [5, 5.41) is 7.55. The first-order chi connectivity index (χ1) is 15.9. The van der Waals surface area contributed by atoms with Crippen molar-refractivity contribution in [2.75, 3.05) is 11.9 Å². The number of fused-ring (bicyclic) bond motifs is 1. The first-order valence-electron chi connectivity index (χ1n) is 12.5. The molecule has 0 bridgehead atoms. The Labute approximate surface area is 211 Å². The molecule has 3 aromatic rings. The van der Waals surface area contributed by atoms with E-state index in [1.54, 1.807) is 0 Å². The molecular formula is C28H41ClN4O. The normalized spacial score (nSPS) is 12.1. The van der Waals surface area contributed by atoms with Crippen LogP contribution in [0.15, 0.2) is 42.7 Å². The minimum absolute atomic E-state index is 0. The van der Waals surface area contributed by atoms with Crippen LogP contribution in [0, 0.1) is 0 Å². The summed E-state index contributed by atoms with van der Waals surface area (Å²) in [4.78, 5) is 17.7. The van der Waals surface area contributed by atoms with Crippen molar-refractivity contribution in [1.82, 2.24) is 14.9 Å². The number of para-hydroxylation sites is 1. The van der Waals surface area contributed by atoms with Gasteiger partial charge in [-0.3, -0.25) is 0 Å². The molecule has 186 valence electrons. The van der Waals surface area contributed by atoms with Crippen LogP contribution in [0.5, 0.6) is 0 Å². The molecule has 0 radical (unpaired) electrons. The molecule has 2 aromatic heterocycles. The van der Waals surface area contributed by atoms with Crippen molar-refractivity contribution in [3.05, 3.63) is 59.4 Å². The predicted molar refractivity (Wildman–Crippen MR) is 147 cm³/mol. The van der Waals surface area contributed by atoms with Gasteiger partial charge in [0.05, 0.1) is 6.04 Å². The minimum Gasteiger partial charge on any atom is -0.336 e. The third-order valence-corrected chi connectivity index (χ3v) is 6.45. The van der Waals surface area contributed by atoms with Crippen molar-refractivity contribution in [3.8, 4) is 0 Å².